The number of nitrogens with zero attached hydrogens (tertiary/aromatic N) is 1. The summed E-state index contributed by atoms with van der Waals surface area (Å²) in [4.78, 5) is 4.79. The summed E-state index contributed by atoms with van der Waals surface area (Å²) in [6, 6.07) is 15.0. The van der Waals surface area contributed by atoms with Gasteiger partial charge in [-0.15, -0.1) is 11.8 Å². The van der Waals surface area contributed by atoms with Gasteiger partial charge in [-0.25, -0.2) is 4.39 Å². The molecule has 6 heteroatoms. The van der Waals surface area contributed by atoms with Crippen LogP contribution < -0.4 is 10.6 Å². The van der Waals surface area contributed by atoms with Crippen LogP contribution in [0.1, 0.15) is 18.9 Å². The van der Waals surface area contributed by atoms with Crippen LogP contribution in [0.25, 0.3) is 0 Å². The van der Waals surface area contributed by atoms with Crippen LogP contribution >= 0.6 is 11.8 Å². The van der Waals surface area contributed by atoms with Crippen molar-refractivity contribution < 1.29 is 9.13 Å². The molecule has 1 aliphatic heterocycles. The Balaban J connectivity index is 1.47. The zero-order valence-electron chi connectivity index (χ0n) is 18.6. The highest BCUT2D eigenvalue weighted by molar-refractivity contribution is 8.14. The van der Waals surface area contributed by atoms with Gasteiger partial charge in [0.15, 0.2) is 0 Å². The number of benzene rings is 2. The van der Waals surface area contributed by atoms with E-state index in [9.17, 15) is 4.39 Å². The van der Waals surface area contributed by atoms with E-state index in [1.807, 2.05) is 62.4 Å². The highest BCUT2D eigenvalue weighted by Gasteiger charge is 2.18. The van der Waals surface area contributed by atoms with Gasteiger partial charge in [-0.3, -0.25) is 4.99 Å². The van der Waals surface area contributed by atoms with Gasteiger partial charge in [0.25, 0.3) is 0 Å². The minimum Gasteiger partial charge on any atom is -0.487 e. The molecule has 0 fully saturated rings. The first-order valence-corrected chi connectivity index (χ1v) is 11.7. The van der Waals surface area contributed by atoms with E-state index in [4.69, 9.17) is 9.73 Å². The van der Waals surface area contributed by atoms with Crippen molar-refractivity contribution in [3.05, 3.63) is 96.2 Å². The van der Waals surface area contributed by atoms with Gasteiger partial charge in [0.1, 0.15) is 23.2 Å². The molecule has 2 N–H and O–H groups in total. The van der Waals surface area contributed by atoms with E-state index < -0.39 is 0 Å². The number of nitrogens with one attached hydrogen (secondary N) is 2. The fourth-order valence-corrected chi connectivity index (χ4v) is 4.21. The Morgan fingerprint density at radius 2 is 2.09 bits per heavy atom. The summed E-state index contributed by atoms with van der Waals surface area (Å²) in [5.41, 5.74) is 3.61. The number of para-hydroxylation sites is 1. The van der Waals surface area contributed by atoms with Gasteiger partial charge >= 0.3 is 0 Å². The van der Waals surface area contributed by atoms with Crippen molar-refractivity contribution in [2.45, 2.75) is 26.3 Å². The Morgan fingerprint density at radius 3 is 2.88 bits per heavy atom. The van der Waals surface area contributed by atoms with Gasteiger partial charge < -0.3 is 15.4 Å². The Hall–Kier alpha value is -2.99. The maximum Gasteiger partial charge on any atom is 0.136 e. The van der Waals surface area contributed by atoms with Gasteiger partial charge in [-0.1, -0.05) is 36.9 Å². The number of hydrogen-bond acceptors (Lipinski definition) is 5. The number of aliphatic imine (C=N–C) groups is 1. The number of aryl methyl sites for hydroxylation is 1. The van der Waals surface area contributed by atoms with E-state index >= 15 is 0 Å². The lowest BCUT2D eigenvalue weighted by atomic mass is 10.2. The third-order valence-corrected chi connectivity index (χ3v) is 5.96. The molecule has 1 heterocycles. The van der Waals surface area contributed by atoms with Crippen LogP contribution in [0.4, 0.5) is 15.8 Å². The lowest BCUT2D eigenvalue weighted by Crippen LogP contribution is -2.12. The minimum absolute atomic E-state index is 0.224. The van der Waals surface area contributed by atoms with E-state index in [1.54, 1.807) is 17.8 Å². The van der Waals surface area contributed by atoms with Gasteiger partial charge in [0, 0.05) is 35.4 Å². The third-order valence-electron chi connectivity index (χ3n) is 4.85. The first-order valence-electron chi connectivity index (χ1n) is 10.7. The molecule has 168 valence electrons. The monoisotopic (exact) mass is 451 g/mol. The summed E-state index contributed by atoms with van der Waals surface area (Å²) in [6.07, 6.45) is 6.63. The average molecular weight is 452 g/mol. The Morgan fingerprint density at radius 1 is 1.28 bits per heavy atom. The average Bonchev–Trinajstić information content (AvgIpc) is 3.23. The third kappa shape index (κ3) is 7.61. The van der Waals surface area contributed by atoms with E-state index in [0.717, 1.165) is 52.2 Å². The van der Waals surface area contributed by atoms with Crippen molar-refractivity contribution >= 4 is 28.2 Å². The molecule has 1 aliphatic rings. The van der Waals surface area contributed by atoms with Crippen molar-refractivity contribution in [3.63, 3.8) is 0 Å². The second kappa shape index (κ2) is 12.2. The zero-order valence-corrected chi connectivity index (χ0v) is 19.4. The Labute approximate surface area is 194 Å². The smallest absolute Gasteiger partial charge is 0.136 e. The maximum atomic E-state index is 13.4. The van der Waals surface area contributed by atoms with Crippen molar-refractivity contribution in [1.29, 1.82) is 0 Å². The maximum absolute atomic E-state index is 13.4. The Kier molecular flexibility index (Phi) is 8.99. The van der Waals surface area contributed by atoms with Crippen LogP contribution in [0, 0.1) is 12.7 Å². The summed E-state index contributed by atoms with van der Waals surface area (Å²) >= 11 is 1.73. The summed E-state index contributed by atoms with van der Waals surface area (Å²) in [5, 5.41) is 7.57. The number of hydrogen-bond donors (Lipinski definition) is 2. The predicted octanol–water partition coefficient (Wildman–Crippen LogP) is 6.55. The molecule has 0 bridgehead atoms. The number of ether oxygens (including phenoxy) is 1. The predicted molar refractivity (Wildman–Crippen MR) is 136 cm³/mol. The Bertz CT molecular complexity index is 1000. The standard InChI is InChI=1S/C26H30FN3OS/c1-4-8-24(15-20(3)29-22-9-6-5-7-10-22)31-17-26-30-23(18-32-26)13-14-28-25-16-21(27)12-11-19(25)2/h4-12,15-16,23,28-29H,3,13-14,17-18H2,1-2H3/b8-4-,24-15+. The van der Waals surface area contributed by atoms with Crippen LogP contribution in [-0.4, -0.2) is 30.0 Å². The molecular weight excluding hydrogens is 421 g/mol. The molecule has 0 aromatic heterocycles. The molecule has 2 aromatic rings. The molecule has 0 radical (unpaired) electrons. The van der Waals surface area contributed by atoms with Gasteiger partial charge in [0.2, 0.25) is 0 Å². The highest BCUT2D eigenvalue weighted by Crippen LogP contribution is 2.22. The number of rotatable bonds is 11. The number of anilines is 2. The lowest BCUT2D eigenvalue weighted by molar-refractivity contribution is 0.275. The van der Waals surface area contributed by atoms with Crippen LogP contribution in [0.5, 0.6) is 0 Å². The van der Waals surface area contributed by atoms with Crippen LogP contribution in [0.3, 0.4) is 0 Å². The van der Waals surface area contributed by atoms with Crippen LogP contribution in [0.2, 0.25) is 0 Å². The van der Waals surface area contributed by atoms with Crippen molar-refractivity contribution in [2.75, 3.05) is 29.5 Å². The van der Waals surface area contributed by atoms with E-state index in [-0.39, 0.29) is 11.9 Å². The number of thioether (sulfide) groups is 1. The lowest BCUT2D eigenvalue weighted by Gasteiger charge is -2.11. The molecule has 3 rings (SSSR count). The first-order chi connectivity index (χ1) is 15.5. The molecule has 32 heavy (non-hydrogen) atoms. The highest BCUT2D eigenvalue weighted by atomic mass is 32.2. The summed E-state index contributed by atoms with van der Waals surface area (Å²) in [5.74, 6) is 1.45. The van der Waals surface area contributed by atoms with Crippen molar-refractivity contribution in [1.82, 2.24) is 0 Å². The molecule has 0 saturated heterocycles. The van der Waals surface area contributed by atoms with E-state index in [2.05, 4.69) is 17.2 Å². The van der Waals surface area contributed by atoms with E-state index in [1.165, 1.54) is 12.1 Å². The second-order valence-corrected chi connectivity index (χ2v) is 8.61. The van der Waals surface area contributed by atoms with Crippen molar-refractivity contribution in [2.24, 2.45) is 4.99 Å². The topological polar surface area (TPSA) is 45.6 Å². The molecule has 0 saturated carbocycles. The van der Waals surface area contributed by atoms with E-state index in [0.29, 0.717) is 6.61 Å². The molecule has 4 nitrogen and oxygen atoms in total. The summed E-state index contributed by atoms with van der Waals surface area (Å²) in [7, 11) is 0. The fourth-order valence-electron chi connectivity index (χ4n) is 3.22. The quantitative estimate of drug-likeness (QED) is 0.300. The molecule has 2 aromatic carbocycles. The second-order valence-electron chi connectivity index (χ2n) is 7.51. The first kappa shape index (κ1) is 23.7. The van der Waals surface area contributed by atoms with Gasteiger partial charge in [-0.05, 0) is 56.2 Å². The largest absolute Gasteiger partial charge is 0.487 e. The molecular formula is C26H30FN3OS. The summed E-state index contributed by atoms with van der Waals surface area (Å²) < 4.78 is 19.4. The van der Waals surface area contributed by atoms with Gasteiger partial charge in [-0.2, -0.15) is 0 Å². The SMILES string of the molecule is C=C(/C=C(\C=C/C)OCC1=NC(CCNc2cc(F)ccc2C)CS1)Nc1ccccc1. The molecule has 1 unspecified atom stereocenters. The minimum atomic E-state index is -0.224. The van der Waals surface area contributed by atoms with Crippen molar-refractivity contribution in [3.8, 4) is 0 Å². The molecule has 1 atom stereocenters. The fraction of sp³-hybridized carbons (Fsp3) is 0.269. The molecule has 0 spiro atoms. The molecule has 0 aliphatic carbocycles. The molecule has 0 amide bonds. The van der Waals surface area contributed by atoms with Gasteiger partial charge in [0.05, 0.1) is 6.04 Å². The normalized spacial score (nSPS) is 16.2. The number of halogens is 1. The van der Waals surface area contributed by atoms with Crippen LogP contribution in [0.15, 0.2) is 89.8 Å². The van der Waals surface area contributed by atoms with Crippen LogP contribution in [-0.2, 0) is 4.74 Å². The number of allylic oxidation sites excluding steroid dienone is 3. The zero-order chi connectivity index (χ0) is 22.8. The summed E-state index contributed by atoms with van der Waals surface area (Å²) in [6.45, 7) is 9.18.